The van der Waals surface area contributed by atoms with Crippen LogP contribution in [0.1, 0.15) is 18.2 Å². The van der Waals surface area contributed by atoms with Crippen LogP contribution >= 0.6 is 0 Å². The Balaban J connectivity index is 3.04. The molecular weight excluding hydrogens is 162 g/mol. The molecule has 0 fully saturated rings. The smallest absolute Gasteiger partial charge is 0.128 e. The number of aryl methyl sites for hydroxylation is 1. The number of rotatable bonds is 2. The quantitative estimate of drug-likeness (QED) is 0.687. The summed E-state index contributed by atoms with van der Waals surface area (Å²) in [6, 6.07) is 5.78. The topological polar surface area (TPSA) is 39.9 Å². The van der Waals surface area contributed by atoms with E-state index in [2.05, 4.69) is 18.0 Å². The van der Waals surface area contributed by atoms with Crippen molar-refractivity contribution in [3.63, 3.8) is 0 Å². The molecule has 0 bridgehead atoms. The highest BCUT2D eigenvalue weighted by molar-refractivity contribution is 5.44. The van der Waals surface area contributed by atoms with Gasteiger partial charge in [0, 0.05) is 13.6 Å². The van der Waals surface area contributed by atoms with Crippen molar-refractivity contribution in [3.8, 4) is 6.07 Å². The molecule has 1 aromatic heterocycles. The Kier molecular flexibility index (Phi) is 2.86. The number of pyridine rings is 1. The van der Waals surface area contributed by atoms with Gasteiger partial charge in [0.2, 0.25) is 0 Å². The van der Waals surface area contributed by atoms with Crippen LogP contribution in [0.15, 0.2) is 12.1 Å². The van der Waals surface area contributed by atoms with Crippen LogP contribution in [0.25, 0.3) is 0 Å². The molecule has 0 saturated heterocycles. The maximum Gasteiger partial charge on any atom is 0.128 e. The number of hydrogen-bond acceptors (Lipinski definition) is 3. The van der Waals surface area contributed by atoms with Crippen molar-refractivity contribution >= 4 is 5.82 Å². The lowest BCUT2D eigenvalue weighted by Crippen LogP contribution is -2.17. The maximum atomic E-state index is 8.70. The fraction of sp³-hybridized carbons (Fsp3) is 0.400. The van der Waals surface area contributed by atoms with Crippen molar-refractivity contribution in [2.24, 2.45) is 0 Å². The van der Waals surface area contributed by atoms with Crippen LogP contribution in [0.2, 0.25) is 0 Å². The van der Waals surface area contributed by atoms with E-state index in [0.717, 1.165) is 18.1 Å². The molecule has 0 radical (unpaired) electrons. The van der Waals surface area contributed by atoms with E-state index in [9.17, 15) is 0 Å². The van der Waals surface area contributed by atoms with Crippen LogP contribution in [0.4, 0.5) is 5.82 Å². The highest BCUT2D eigenvalue weighted by Crippen LogP contribution is 2.12. The molecule has 0 atom stereocenters. The lowest BCUT2D eigenvalue weighted by Gasteiger charge is -2.15. The van der Waals surface area contributed by atoms with E-state index in [0.29, 0.717) is 5.56 Å². The second-order valence-electron chi connectivity index (χ2n) is 2.93. The van der Waals surface area contributed by atoms with E-state index >= 15 is 0 Å². The summed E-state index contributed by atoms with van der Waals surface area (Å²) in [6.45, 7) is 4.83. The number of anilines is 1. The number of aromatic nitrogens is 1. The predicted octanol–water partition coefficient (Wildman–Crippen LogP) is 1.72. The van der Waals surface area contributed by atoms with E-state index in [-0.39, 0.29) is 0 Å². The van der Waals surface area contributed by atoms with E-state index in [1.54, 1.807) is 0 Å². The molecule has 0 aliphatic carbocycles. The second-order valence-corrected chi connectivity index (χ2v) is 2.93. The standard InChI is InChI=1S/C10H13N3/c1-4-13(3)10-6-5-9(7-11)8(2)12-10/h5-6H,4H2,1-3H3. The molecule has 1 heterocycles. The SMILES string of the molecule is CCN(C)c1ccc(C#N)c(C)n1. The Morgan fingerprint density at radius 3 is 2.69 bits per heavy atom. The van der Waals surface area contributed by atoms with Gasteiger partial charge >= 0.3 is 0 Å². The summed E-state index contributed by atoms with van der Waals surface area (Å²) >= 11 is 0. The lowest BCUT2D eigenvalue weighted by molar-refractivity contribution is 0.929. The molecular formula is C10H13N3. The summed E-state index contributed by atoms with van der Waals surface area (Å²) in [4.78, 5) is 6.35. The Morgan fingerprint density at radius 2 is 2.23 bits per heavy atom. The van der Waals surface area contributed by atoms with Crippen LogP contribution in [0.5, 0.6) is 0 Å². The highest BCUT2D eigenvalue weighted by Gasteiger charge is 2.02. The molecule has 1 rings (SSSR count). The van der Waals surface area contributed by atoms with Crippen molar-refractivity contribution in [2.45, 2.75) is 13.8 Å². The number of hydrogen-bond donors (Lipinski definition) is 0. The van der Waals surface area contributed by atoms with Crippen molar-refractivity contribution in [1.29, 1.82) is 5.26 Å². The van der Waals surface area contributed by atoms with Gasteiger partial charge in [-0.05, 0) is 26.0 Å². The second kappa shape index (κ2) is 3.90. The van der Waals surface area contributed by atoms with Crippen LogP contribution < -0.4 is 4.90 Å². The Bertz CT molecular complexity index is 339. The van der Waals surface area contributed by atoms with E-state index < -0.39 is 0 Å². The zero-order valence-electron chi connectivity index (χ0n) is 8.20. The van der Waals surface area contributed by atoms with E-state index in [4.69, 9.17) is 5.26 Å². The average Bonchev–Trinajstić information content (AvgIpc) is 2.16. The molecule has 0 amide bonds. The zero-order valence-corrected chi connectivity index (χ0v) is 8.20. The number of nitrogens with zero attached hydrogens (tertiary/aromatic N) is 3. The molecule has 3 nitrogen and oxygen atoms in total. The van der Waals surface area contributed by atoms with Crippen molar-refractivity contribution in [1.82, 2.24) is 4.98 Å². The first-order valence-electron chi connectivity index (χ1n) is 4.28. The third-order valence-corrected chi connectivity index (χ3v) is 2.06. The van der Waals surface area contributed by atoms with Crippen molar-refractivity contribution in [3.05, 3.63) is 23.4 Å². The maximum absolute atomic E-state index is 8.70. The minimum atomic E-state index is 0.647. The molecule has 0 aromatic carbocycles. The molecule has 0 aliphatic heterocycles. The van der Waals surface area contributed by atoms with Gasteiger partial charge in [-0.25, -0.2) is 4.98 Å². The summed E-state index contributed by atoms with van der Waals surface area (Å²) in [7, 11) is 1.98. The predicted molar refractivity (Wildman–Crippen MR) is 52.6 cm³/mol. The largest absolute Gasteiger partial charge is 0.360 e. The van der Waals surface area contributed by atoms with Gasteiger partial charge in [0.05, 0.1) is 11.3 Å². The van der Waals surface area contributed by atoms with E-state index in [1.165, 1.54) is 0 Å². The molecule has 0 N–H and O–H groups in total. The molecule has 3 heteroatoms. The molecule has 0 saturated carbocycles. The lowest BCUT2D eigenvalue weighted by atomic mass is 10.2. The monoisotopic (exact) mass is 175 g/mol. The molecule has 0 spiro atoms. The van der Waals surface area contributed by atoms with Gasteiger partial charge in [0.1, 0.15) is 11.9 Å². The van der Waals surface area contributed by atoms with Crippen LogP contribution in [0.3, 0.4) is 0 Å². The van der Waals surface area contributed by atoms with Gasteiger partial charge in [-0.3, -0.25) is 0 Å². The summed E-state index contributed by atoms with van der Waals surface area (Å²) in [6.07, 6.45) is 0. The van der Waals surface area contributed by atoms with Gasteiger partial charge in [-0.15, -0.1) is 0 Å². The van der Waals surface area contributed by atoms with Crippen LogP contribution in [0, 0.1) is 18.3 Å². The first kappa shape index (κ1) is 9.53. The van der Waals surface area contributed by atoms with Gasteiger partial charge in [0.25, 0.3) is 0 Å². The van der Waals surface area contributed by atoms with Crippen molar-refractivity contribution < 1.29 is 0 Å². The third kappa shape index (κ3) is 1.97. The Labute approximate surface area is 78.6 Å². The van der Waals surface area contributed by atoms with Gasteiger partial charge < -0.3 is 4.90 Å². The number of nitriles is 1. The fourth-order valence-corrected chi connectivity index (χ4v) is 1.04. The Morgan fingerprint density at radius 1 is 1.54 bits per heavy atom. The first-order valence-corrected chi connectivity index (χ1v) is 4.28. The molecule has 68 valence electrons. The normalized spacial score (nSPS) is 9.38. The van der Waals surface area contributed by atoms with Crippen LogP contribution in [-0.2, 0) is 0 Å². The molecule has 1 aromatic rings. The minimum absolute atomic E-state index is 0.647. The van der Waals surface area contributed by atoms with Gasteiger partial charge in [-0.2, -0.15) is 5.26 Å². The summed E-state index contributed by atoms with van der Waals surface area (Å²) in [5, 5.41) is 8.70. The van der Waals surface area contributed by atoms with Crippen LogP contribution in [-0.4, -0.2) is 18.6 Å². The minimum Gasteiger partial charge on any atom is -0.360 e. The Hall–Kier alpha value is -1.56. The molecule has 0 aliphatic rings. The molecule has 0 unspecified atom stereocenters. The third-order valence-electron chi connectivity index (χ3n) is 2.06. The van der Waals surface area contributed by atoms with Crippen molar-refractivity contribution in [2.75, 3.05) is 18.5 Å². The van der Waals surface area contributed by atoms with Gasteiger partial charge in [-0.1, -0.05) is 0 Å². The summed E-state index contributed by atoms with van der Waals surface area (Å²) in [5.41, 5.74) is 1.44. The molecule has 13 heavy (non-hydrogen) atoms. The summed E-state index contributed by atoms with van der Waals surface area (Å²) in [5.74, 6) is 0.916. The highest BCUT2D eigenvalue weighted by atomic mass is 15.2. The van der Waals surface area contributed by atoms with Gasteiger partial charge in [0.15, 0.2) is 0 Å². The fourth-order valence-electron chi connectivity index (χ4n) is 1.04. The zero-order chi connectivity index (χ0) is 9.84. The average molecular weight is 175 g/mol. The first-order chi connectivity index (χ1) is 6.19. The summed E-state index contributed by atoms with van der Waals surface area (Å²) < 4.78 is 0. The van der Waals surface area contributed by atoms with E-state index in [1.807, 2.05) is 31.0 Å².